The molecule has 1 aliphatic rings. The van der Waals surface area contributed by atoms with Crippen molar-refractivity contribution in [2.24, 2.45) is 0 Å². The summed E-state index contributed by atoms with van der Waals surface area (Å²) in [6.07, 6.45) is 9.67. The fourth-order valence-electron chi connectivity index (χ4n) is 2.16. The van der Waals surface area contributed by atoms with Crippen LogP contribution in [0.3, 0.4) is 0 Å². The molecule has 1 aliphatic carbocycles. The summed E-state index contributed by atoms with van der Waals surface area (Å²) < 4.78 is 6.06. The lowest BCUT2D eigenvalue weighted by atomic mass is 9.99. The predicted octanol–water partition coefficient (Wildman–Crippen LogP) is 4.99. The van der Waals surface area contributed by atoms with Crippen LogP contribution in [0.4, 0.5) is 0 Å². The van der Waals surface area contributed by atoms with Gasteiger partial charge >= 0.3 is 0 Å². The average molecular weight is 242 g/mol. The zero-order valence-corrected chi connectivity index (χ0v) is 11.6. The molecule has 0 saturated carbocycles. The van der Waals surface area contributed by atoms with Crippen LogP contribution in [-0.4, -0.2) is 0 Å². The molecular weight excluding hydrogens is 220 g/mol. The Morgan fingerprint density at radius 2 is 2.06 bits per heavy atom. The van der Waals surface area contributed by atoms with Crippen molar-refractivity contribution in [2.45, 2.75) is 46.0 Å². The van der Waals surface area contributed by atoms with Crippen LogP contribution in [0.25, 0.3) is 0 Å². The Morgan fingerprint density at radius 3 is 2.67 bits per heavy atom. The van der Waals surface area contributed by atoms with Gasteiger partial charge < -0.3 is 4.74 Å². The number of ether oxygens (including phenoxy) is 1. The molecule has 0 saturated heterocycles. The highest BCUT2D eigenvalue weighted by atomic mass is 16.5. The molecule has 0 fully saturated rings. The highest BCUT2D eigenvalue weighted by Gasteiger charge is 2.10. The summed E-state index contributed by atoms with van der Waals surface area (Å²) in [5.41, 5.74) is 2.61. The largest absolute Gasteiger partial charge is 0.457 e. The first-order chi connectivity index (χ1) is 8.70. The second kappa shape index (κ2) is 5.90. The van der Waals surface area contributed by atoms with Gasteiger partial charge in [0.05, 0.1) is 0 Å². The SMILES string of the molecule is CCc1ccc(C(C)C)c(OC2=CCCC=C2)c1. The van der Waals surface area contributed by atoms with E-state index in [-0.39, 0.29) is 0 Å². The summed E-state index contributed by atoms with van der Waals surface area (Å²) in [5, 5.41) is 0. The molecule has 0 radical (unpaired) electrons. The van der Waals surface area contributed by atoms with Gasteiger partial charge in [-0.25, -0.2) is 0 Å². The first-order valence-electron chi connectivity index (χ1n) is 6.88. The number of aryl methyl sites for hydroxylation is 1. The maximum Gasteiger partial charge on any atom is 0.131 e. The van der Waals surface area contributed by atoms with E-state index in [0.717, 1.165) is 30.8 Å². The minimum atomic E-state index is 0.485. The number of rotatable bonds is 4. The Kier molecular flexibility index (Phi) is 4.24. The van der Waals surface area contributed by atoms with E-state index >= 15 is 0 Å². The number of hydrogen-bond donors (Lipinski definition) is 0. The fraction of sp³-hybridized carbons (Fsp3) is 0.412. The fourth-order valence-corrected chi connectivity index (χ4v) is 2.16. The number of allylic oxidation sites excluding steroid dienone is 3. The van der Waals surface area contributed by atoms with E-state index in [0.29, 0.717) is 5.92 Å². The van der Waals surface area contributed by atoms with Crippen LogP contribution in [0.15, 0.2) is 42.2 Å². The summed E-state index contributed by atoms with van der Waals surface area (Å²) in [6.45, 7) is 6.59. The van der Waals surface area contributed by atoms with Crippen molar-refractivity contribution in [2.75, 3.05) is 0 Å². The zero-order chi connectivity index (χ0) is 13.0. The Morgan fingerprint density at radius 1 is 1.22 bits per heavy atom. The molecule has 96 valence electrons. The standard InChI is InChI=1S/C17H22O/c1-4-14-10-11-16(13(2)3)17(12-14)18-15-8-6-5-7-9-15/h6,8-13H,4-5,7H2,1-3H3. The van der Waals surface area contributed by atoms with Gasteiger partial charge in [-0.1, -0.05) is 39.0 Å². The molecule has 0 aliphatic heterocycles. The average Bonchev–Trinajstić information content (AvgIpc) is 2.39. The highest BCUT2D eigenvalue weighted by Crippen LogP contribution is 2.30. The lowest BCUT2D eigenvalue weighted by Crippen LogP contribution is -2.00. The van der Waals surface area contributed by atoms with Crippen molar-refractivity contribution >= 4 is 0 Å². The molecule has 0 heterocycles. The third-order valence-corrected chi connectivity index (χ3v) is 3.30. The Bertz CT molecular complexity index is 466. The molecule has 0 N–H and O–H groups in total. The van der Waals surface area contributed by atoms with Crippen LogP contribution in [-0.2, 0) is 6.42 Å². The third-order valence-electron chi connectivity index (χ3n) is 3.30. The summed E-state index contributed by atoms with van der Waals surface area (Å²) in [7, 11) is 0. The Labute approximate surface area is 110 Å². The van der Waals surface area contributed by atoms with Crippen molar-refractivity contribution in [3.63, 3.8) is 0 Å². The maximum absolute atomic E-state index is 6.06. The van der Waals surface area contributed by atoms with Gasteiger partial charge in [-0.3, -0.25) is 0 Å². The van der Waals surface area contributed by atoms with Crippen LogP contribution < -0.4 is 4.74 Å². The molecule has 1 aromatic carbocycles. The van der Waals surface area contributed by atoms with Crippen molar-refractivity contribution in [3.05, 3.63) is 53.3 Å². The molecule has 2 rings (SSSR count). The lowest BCUT2D eigenvalue weighted by molar-refractivity contribution is 0.431. The summed E-state index contributed by atoms with van der Waals surface area (Å²) in [6, 6.07) is 6.58. The molecule has 0 amide bonds. The molecule has 0 bridgehead atoms. The van der Waals surface area contributed by atoms with Gasteiger partial charge in [-0.2, -0.15) is 0 Å². The van der Waals surface area contributed by atoms with Crippen molar-refractivity contribution in [1.29, 1.82) is 0 Å². The Balaban J connectivity index is 2.28. The van der Waals surface area contributed by atoms with Gasteiger partial charge in [0.2, 0.25) is 0 Å². The first kappa shape index (κ1) is 12.9. The second-order valence-corrected chi connectivity index (χ2v) is 5.07. The van der Waals surface area contributed by atoms with Crippen LogP contribution >= 0.6 is 0 Å². The summed E-state index contributed by atoms with van der Waals surface area (Å²) in [5.74, 6) is 2.48. The van der Waals surface area contributed by atoms with E-state index in [4.69, 9.17) is 4.74 Å². The third kappa shape index (κ3) is 3.04. The molecule has 18 heavy (non-hydrogen) atoms. The minimum absolute atomic E-state index is 0.485. The minimum Gasteiger partial charge on any atom is -0.457 e. The van der Waals surface area contributed by atoms with Crippen LogP contribution in [0.5, 0.6) is 5.75 Å². The van der Waals surface area contributed by atoms with E-state index in [2.05, 4.69) is 57.2 Å². The molecule has 0 atom stereocenters. The van der Waals surface area contributed by atoms with Gasteiger partial charge in [-0.15, -0.1) is 0 Å². The molecule has 0 unspecified atom stereocenters. The van der Waals surface area contributed by atoms with E-state index in [9.17, 15) is 0 Å². The molecule has 0 spiro atoms. The summed E-state index contributed by atoms with van der Waals surface area (Å²) >= 11 is 0. The normalized spacial score (nSPS) is 14.8. The maximum atomic E-state index is 6.06. The van der Waals surface area contributed by atoms with E-state index in [1.165, 1.54) is 11.1 Å². The number of benzene rings is 1. The van der Waals surface area contributed by atoms with Crippen molar-refractivity contribution in [3.8, 4) is 5.75 Å². The van der Waals surface area contributed by atoms with Crippen molar-refractivity contribution < 1.29 is 4.74 Å². The smallest absolute Gasteiger partial charge is 0.131 e. The molecule has 1 nitrogen and oxygen atoms in total. The van der Waals surface area contributed by atoms with Crippen LogP contribution in [0.1, 0.15) is 50.7 Å². The van der Waals surface area contributed by atoms with Crippen LogP contribution in [0, 0.1) is 0 Å². The quantitative estimate of drug-likeness (QED) is 0.723. The van der Waals surface area contributed by atoms with E-state index in [1.807, 2.05) is 0 Å². The van der Waals surface area contributed by atoms with Gasteiger partial charge in [0.15, 0.2) is 0 Å². The van der Waals surface area contributed by atoms with Gasteiger partial charge in [0.1, 0.15) is 11.5 Å². The molecule has 0 aromatic heterocycles. The molecule has 1 heteroatoms. The zero-order valence-electron chi connectivity index (χ0n) is 11.6. The van der Waals surface area contributed by atoms with Gasteiger partial charge in [0.25, 0.3) is 0 Å². The van der Waals surface area contributed by atoms with E-state index < -0.39 is 0 Å². The van der Waals surface area contributed by atoms with Crippen molar-refractivity contribution in [1.82, 2.24) is 0 Å². The summed E-state index contributed by atoms with van der Waals surface area (Å²) in [4.78, 5) is 0. The van der Waals surface area contributed by atoms with E-state index in [1.54, 1.807) is 0 Å². The van der Waals surface area contributed by atoms with Gasteiger partial charge in [0, 0.05) is 0 Å². The van der Waals surface area contributed by atoms with Crippen LogP contribution in [0.2, 0.25) is 0 Å². The van der Waals surface area contributed by atoms with Gasteiger partial charge in [-0.05, 0) is 54.5 Å². The first-order valence-corrected chi connectivity index (χ1v) is 6.88. The highest BCUT2D eigenvalue weighted by molar-refractivity contribution is 5.41. The monoisotopic (exact) mass is 242 g/mol. The molecular formula is C17H22O. The molecule has 1 aromatic rings. The Hall–Kier alpha value is -1.50. The second-order valence-electron chi connectivity index (χ2n) is 5.07. The predicted molar refractivity (Wildman–Crippen MR) is 77.0 cm³/mol. The lowest BCUT2D eigenvalue weighted by Gasteiger charge is -2.16. The topological polar surface area (TPSA) is 9.23 Å². The number of hydrogen-bond acceptors (Lipinski definition) is 1.